The molecule has 28 heavy (non-hydrogen) atoms. The fourth-order valence-corrected chi connectivity index (χ4v) is 4.37. The van der Waals surface area contributed by atoms with Gasteiger partial charge in [-0.05, 0) is 28.7 Å². The van der Waals surface area contributed by atoms with Crippen molar-refractivity contribution in [3.8, 4) is 11.1 Å². The second-order valence-corrected chi connectivity index (χ2v) is 7.33. The van der Waals surface area contributed by atoms with Gasteiger partial charge in [0, 0.05) is 36.7 Å². The first-order chi connectivity index (χ1) is 13.7. The van der Waals surface area contributed by atoms with Crippen LogP contribution in [0.2, 0.25) is 0 Å². The van der Waals surface area contributed by atoms with Crippen LogP contribution in [0.3, 0.4) is 0 Å². The summed E-state index contributed by atoms with van der Waals surface area (Å²) in [4.78, 5) is 26.2. The molecule has 2 aromatic carbocycles. The molecule has 0 unspecified atom stereocenters. The number of carbonyl (C=O) groups excluding carboxylic acids is 1. The van der Waals surface area contributed by atoms with Crippen LogP contribution in [0.25, 0.3) is 11.1 Å². The van der Waals surface area contributed by atoms with E-state index in [1.165, 1.54) is 22.3 Å². The maximum absolute atomic E-state index is 12.7. The van der Waals surface area contributed by atoms with E-state index in [1.807, 2.05) is 24.3 Å². The van der Waals surface area contributed by atoms with Crippen molar-refractivity contribution in [2.24, 2.45) is 0 Å². The molecular formula is C22H21N3O3. The van der Waals surface area contributed by atoms with Crippen LogP contribution < -0.4 is 5.56 Å². The molecule has 5 rings (SSSR count). The van der Waals surface area contributed by atoms with Crippen molar-refractivity contribution in [2.45, 2.75) is 18.8 Å². The predicted molar refractivity (Wildman–Crippen MR) is 105 cm³/mol. The Morgan fingerprint density at radius 1 is 0.964 bits per heavy atom. The first kappa shape index (κ1) is 16.9. The van der Waals surface area contributed by atoms with E-state index < -0.39 is 0 Å². The van der Waals surface area contributed by atoms with Crippen molar-refractivity contribution < 1.29 is 9.53 Å². The van der Waals surface area contributed by atoms with Crippen molar-refractivity contribution >= 4 is 6.09 Å². The summed E-state index contributed by atoms with van der Waals surface area (Å²) >= 11 is 0. The predicted octanol–water partition coefficient (Wildman–Crippen LogP) is 3.05. The van der Waals surface area contributed by atoms with E-state index in [1.54, 1.807) is 4.90 Å². The van der Waals surface area contributed by atoms with E-state index in [0.717, 1.165) is 11.3 Å². The van der Waals surface area contributed by atoms with Gasteiger partial charge in [0.1, 0.15) is 6.61 Å². The molecule has 0 fully saturated rings. The van der Waals surface area contributed by atoms with Crippen LogP contribution in [-0.4, -0.2) is 40.9 Å². The molecule has 6 nitrogen and oxygen atoms in total. The summed E-state index contributed by atoms with van der Waals surface area (Å²) in [5, 5.41) is 5.52. The maximum Gasteiger partial charge on any atom is 0.409 e. The summed E-state index contributed by atoms with van der Waals surface area (Å²) in [6, 6.07) is 16.6. The lowest BCUT2D eigenvalue weighted by Crippen LogP contribution is -2.35. The SMILES string of the molecule is O=C(OCC1c2ccccc2-c2ccccc21)N1CCc2[nH][nH]c(=O)c2CC1. The van der Waals surface area contributed by atoms with Crippen molar-refractivity contribution in [3.05, 3.63) is 81.3 Å². The monoisotopic (exact) mass is 375 g/mol. The maximum atomic E-state index is 12.7. The van der Waals surface area contributed by atoms with Gasteiger partial charge in [0.25, 0.3) is 5.56 Å². The number of hydrogen-bond acceptors (Lipinski definition) is 3. The van der Waals surface area contributed by atoms with Crippen LogP contribution in [-0.2, 0) is 17.6 Å². The molecule has 0 saturated carbocycles. The van der Waals surface area contributed by atoms with Gasteiger partial charge in [-0.15, -0.1) is 0 Å². The number of nitrogens with zero attached hydrogens (tertiary/aromatic N) is 1. The lowest BCUT2D eigenvalue weighted by molar-refractivity contribution is 0.101. The highest BCUT2D eigenvalue weighted by Gasteiger charge is 2.30. The largest absolute Gasteiger partial charge is 0.448 e. The molecule has 1 aliphatic carbocycles. The normalized spacial score (nSPS) is 15.5. The zero-order valence-corrected chi connectivity index (χ0v) is 15.4. The highest BCUT2D eigenvalue weighted by atomic mass is 16.6. The molecule has 2 aliphatic rings. The lowest BCUT2D eigenvalue weighted by Gasteiger charge is -2.21. The fourth-order valence-electron chi connectivity index (χ4n) is 4.37. The van der Waals surface area contributed by atoms with Gasteiger partial charge in [0.05, 0.1) is 0 Å². The summed E-state index contributed by atoms with van der Waals surface area (Å²) in [5.41, 5.74) is 6.37. The number of nitrogens with one attached hydrogen (secondary N) is 2. The smallest absolute Gasteiger partial charge is 0.409 e. The molecule has 0 spiro atoms. The average molecular weight is 375 g/mol. The summed E-state index contributed by atoms with van der Waals surface area (Å²) in [7, 11) is 0. The Morgan fingerprint density at radius 2 is 1.61 bits per heavy atom. The second kappa shape index (κ2) is 6.71. The minimum Gasteiger partial charge on any atom is -0.448 e. The van der Waals surface area contributed by atoms with Crippen LogP contribution in [0, 0.1) is 0 Å². The van der Waals surface area contributed by atoms with Crippen molar-refractivity contribution in [1.82, 2.24) is 15.1 Å². The molecule has 0 radical (unpaired) electrons. The van der Waals surface area contributed by atoms with Crippen molar-refractivity contribution in [3.63, 3.8) is 0 Å². The summed E-state index contributed by atoms with van der Waals surface area (Å²) in [6.07, 6.45) is 0.847. The molecule has 0 saturated heterocycles. The zero-order valence-electron chi connectivity index (χ0n) is 15.4. The Hall–Kier alpha value is -3.28. The summed E-state index contributed by atoms with van der Waals surface area (Å²) < 4.78 is 5.73. The Bertz CT molecular complexity index is 1050. The second-order valence-electron chi connectivity index (χ2n) is 7.33. The van der Waals surface area contributed by atoms with E-state index in [-0.39, 0.29) is 17.6 Å². The number of amides is 1. The molecule has 6 heteroatoms. The molecule has 2 heterocycles. The highest BCUT2D eigenvalue weighted by Crippen LogP contribution is 2.44. The Balaban J connectivity index is 1.30. The molecule has 2 N–H and O–H groups in total. The first-order valence-electron chi connectivity index (χ1n) is 9.60. The van der Waals surface area contributed by atoms with Crippen LogP contribution in [0.5, 0.6) is 0 Å². The van der Waals surface area contributed by atoms with E-state index >= 15 is 0 Å². The Morgan fingerprint density at radius 3 is 2.32 bits per heavy atom. The van der Waals surface area contributed by atoms with Gasteiger partial charge in [-0.3, -0.25) is 9.89 Å². The third-order valence-electron chi connectivity index (χ3n) is 5.82. The van der Waals surface area contributed by atoms with Gasteiger partial charge in [-0.2, -0.15) is 0 Å². The van der Waals surface area contributed by atoms with Gasteiger partial charge in [-0.1, -0.05) is 48.5 Å². The average Bonchev–Trinajstić information content (AvgIpc) is 3.14. The van der Waals surface area contributed by atoms with E-state index in [2.05, 4.69) is 34.5 Å². The molecule has 3 aromatic rings. The fraction of sp³-hybridized carbons (Fsp3) is 0.273. The number of rotatable bonds is 2. The summed E-state index contributed by atoms with van der Waals surface area (Å²) in [6.45, 7) is 1.34. The lowest BCUT2D eigenvalue weighted by atomic mass is 9.98. The topological polar surface area (TPSA) is 78.2 Å². The molecule has 142 valence electrons. The number of ether oxygens (including phenoxy) is 1. The van der Waals surface area contributed by atoms with Gasteiger partial charge in [0.2, 0.25) is 0 Å². The van der Waals surface area contributed by atoms with Crippen LogP contribution in [0.1, 0.15) is 28.3 Å². The summed E-state index contributed by atoms with van der Waals surface area (Å²) in [5.74, 6) is 0.0545. The highest BCUT2D eigenvalue weighted by molar-refractivity contribution is 5.79. The molecule has 1 amide bonds. The number of H-pyrrole nitrogens is 2. The van der Waals surface area contributed by atoms with Crippen LogP contribution in [0.15, 0.2) is 53.3 Å². The van der Waals surface area contributed by atoms with E-state index in [0.29, 0.717) is 32.5 Å². The van der Waals surface area contributed by atoms with Crippen molar-refractivity contribution in [1.29, 1.82) is 0 Å². The van der Waals surface area contributed by atoms with E-state index in [9.17, 15) is 9.59 Å². The van der Waals surface area contributed by atoms with Gasteiger partial charge >= 0.3 is 6.09 Å². The minimum absolute atomic E-state index is 0.0545. The molecule has 0 bridgehead atoms. The zero-order chi connectivity index (χ0) is 19.1. The number of aromatic nitrogens is 2. The minimum atomic E-state index is -0.316. The molecule has 1 aromatic heterocycles. The number of hydrogen-bond donors (Lipinski definition) is 2. The third kappa shape index (κ3) is 2.72. The Labute approximate surface area is 162 Å². The molecule has 0 atom stereocenters. The standard InChI is InChI=1S/C22H21N3O3/c26-21-18-9-11-25(12-10-20(18)23-24-21)22(27)28-13-19-16-7-3-1-5-14(16)15-6-2-4-8-17(15)19/h1-8,19H,9-13H2,(H2,23,24,26). The number of aromatic amines is 2. The number of carbonyl (C=O) groups is 1. The van der Waals surface area contributed by atoms with E-state index in [4.69, 9.17) is 4.74 Å². The van der Waals surface area contributed by atoms with Gasteiger partial charge in [-0.25, -0.2) is 4.79 Å². The number of fused-ring (bicyclic) bond motifs is 4. The molecule has 1 aliphatic heterocycles. The van der Waals surface area contributed by atoms with Crippen molar-refractivity contribution in [2.75, 3.05) is 19.7 Å². The quantitative estimate of drug-likeness (QED) is 0.723. The van der Waals surface area contributed by atoms with Crippen LogP contribution in [0.4, 0.5) is 4.79 Å². The molecular weight excluding hydrogens is 354 g/mol. The number of benzene rings is 2. The van der Waals surface area contributed by atoms with Crippen LogP contribution >= 0.6 is 0 Å². The third-order valence-corrected chi connectivity index (χ3v) is 5.82. The van der Waals surface area contributed by atoms with Gasteiger partial charge in [0.15, 0.2) is 0 Å². The first-order valence-corrected chi connectivity index (χ1v) is 9.60. The Kier molecular flexibility index (Phi) is 4.04. The van der Waals surface area contributed by atoms with Gasteiger partial charge < -0.3 is 14.7 Å².